The molecule has 0 saturated carbocycles. The van der Waals surface area contributed by atoms with Crippen molar-refractivity contribution in [3.05, 3.63) is 39.5 Å². The highest BCUT2D eigenvalue weighted by Crippen LogP contribution is 2.25. The predicted octanol–water partition coefficient (Wildman–Crippen LogP) is 0.849. The summed E-state index contributed by atoms with van der Waals surface area (Å²) in [6.07, 6.45) is 1.82. The smallest absolute Gasteiger partial charge is 0.280 e. The van der Waals surface area contributed by atoms with Crippen LogP contribution in [0.25, 0.3) is 5.57 Å². The van der Waals surface area contributed by atoms with Gasteiger partial charge in [0.2, 0.25) is 5.88 Å². The first kappa shape index (κ1) is 12.3. The van der Waals surface area contributed by atoms with Gasteiger partial charge in [-0.2, -0.15) is 4.98 Å². The lowest BCUT2D eigenvalue weighted by Gasteiger charge is -1.96. The van der Waals surface area contributed by atoms with Gasteiger partial charge in [0.05, 0.1) is 10.9 Å². The van der Waals surface area contributed by atoms with Crippen LogP contribution in [0.2, 0.25) is 5.02 Å². The Hall–Kier alpha value is -1.79. The van der Waals surface area contributed by atoms with E-state index in [1.807, 2.05) is 6.26 Å². The number of rotatable bonds is 2. The minimum absolute atomic E-state index is 0.212. The van der Waals surface area contributed by atoms with E-state index in [1.165, 1.54) is 11.8 Å². The van der Waals surface area contributed by atoms with Crippen LogP contribution in [0, 0.1) is 0 Å². The highest BCUT2D eigenvalue weighted by atomic mass is 35.5. The molecule has 2 N–H and O–H groups in total. The second-order valence-electron chi connectivity index (χ2n) is 3.90. The van der Waals surface area contributed by atoms with Crippen molar-refractivity contribution in [2.24, 2.45) is 4.99 Å². The molecule has 5 nitrogen and oxygen atoms in total. The number of hydrogen-bond donors (Lipinski definition) is 2. The van der Waals surface area contributed by atoms with Crippen molar-refractivity contribution in [3.8, 4) is 5.88 Å². The molecule has 3 rings (SSSR count). The first-order chi connectivity index (χ1) is 9.10. The van der Waals surface area contributed by atoms with E-state index in [0.29, 0.717) is 26.3 Å². The minimum Gasteiger partial charge on any atom is -0.492 e. The summed E-state index contributed by atoms with van der Waals surface area (Å²) in [5, 5.41) is 12.0. The third-order valence-electron chi connectivity index (χ3n) is 2.77. The topological polar surface area (TPSA) is 78.3 Å². The number of carbonyl (C=O) groups is 1. The number of aromatic amines is 1. The van der Waals surface area contributed by atoms with Crippen molar-refractivity contribution in [1.29, 1.82) is 0 Å². The van der Waals surface area contributed by atoms with Crippen LogP contribution in [0.5, 0.6) is 5.88 Å². The molecule has 1 aliphatic rings. The van der Waals surface area contributed by atoms with Crippen LogP contribution in [0.3, 0.4) is 0 Å². The van der Waals surface area contributed by atoms with Crippen molar-refractivity contribution in [2.45, 2.75) is 5.16 Å². The maximum absolute atomic E-state index is 12.0. The Balaban J connectivity index is 2.35. The predicted molar refractivity (Wildman–Crippen MR) is 71.8 cm³/mol. The second kappa shape index (κ2) is 4.40. The number of thioether (sulfide) groups is 1. The molecule has 0 fully saturated rings. The van der Waals surface area contributed by atoms with Crippen molar-refractivity contribution in [2.75, 3.05) is 6.26 Å². The molecule has 0 unspecified atom stereocenters. The molecule has 1 aromatic carbocycles. The largest absolute Gasteiger partial charge is 0.492 e. The van der Waals surface area contributed by atoms with Crippen LogP contribution in [0.15, 0.2) is 28.3 Å². The highest BCUT2D eigenvalue weighted by molar-refractivity contribution is 7.98. The molecule has 7 heteroatoms. The molecular weight excluding hydrogens is 286 g/mol. The molecule has 0 spiro atoms. The minimum atomic E-state index is -0.413. The van der Waals surface area contributed by atoms with Crippen LogP contribution in [0.1, 0.15) is 5.69 Å². The number of hydrogen-bond acceptors (Lipinski definition) is 4. The molecule has 2 aromatic rings. The van der Waals surface area contributed by atoms with Gasteiger partial charge in [-0.05, 0) is 24.5 Å². The number of amides is 1. The number of aromatic hydroxyl groups is 1. The Morgan fingerprint density at radius 1 is 1.42 bits per heavy atom. The molecule has 0 atom stereocenters. The van der Waals surface area contributed by atoms with Gasteiger partial charge in [0.25, 0.3) is 5.91 Å². The van der Waals surface area contributed by atoms with E-state index in [-0.39, 0.29) is 11.6 Å². The quantitative estimate of drug-likeness (QED) is 0.805. The third-order valence-corrected chi connectivity index (χ3v) is 3.59. The lowest BCUT2D eigenvalue weighted by Crippen LogP contribution is -2.23. The van der Waals surface area contributed by atoms with Crippen molar-refractivity contribution < 1.29 is 9.90 Å². The van der Waals surface area contributed by atoms with E-state index in [2.05, 4.69) is 15.0 Å². The third kappa shape index (κ3) is 1.93. The first-order valence-electron chi connectivity index (χ1n) is 5.36. The Bertz CT molecular complexity index is 813. The zero-order valence-corrected chi connectivity index (χ0v) is 11.3. The average molecular weight is 294 g/mol. The SMILES string of the molecule is CSc1nc(O)c(C2=c3cc(Cl)ccc3=NC2=O)[nH]1. The monoisotopic (exact) mass is 293 g/mol. The van der Waals surface area contributed by atoms with Gasteiger partial charge in [-0.15, -0.1) is 0 Å². The molecule has 0 radical (unpaired) electrons. The summed E-state index contributed by atoms with van der Waals surface area (Å²) >= 11 is 7.28. The van der Waals surface area contributed by atoms with Gasteiger partial charge in [-0.25, -0.2) is 4.99 Å². The maximum atomic E-state index is 12.0. The molecule has 0 saturated heterocycles. The number of halogens is 1. The summed E-state index contributed by atoms with van der Waals surface area (Å²) in [5.74, 6) is -0.625. The number of nitrogens with zero attached hydrogens (tertiary/aromatic N) is 2. The number of H-pyrrole nitrogens is 1. The first-order valence-corrected chi connectivity index (χ1v) is 6.96. The molecule has 0 aliphatic carbocycles. The molecule has 2 heterocycles. The molecule has 19 heavy (non-hydrogen) atoms. The van der Waals surface area contributed by atoms with Crippen LogP contribution in [-0.4, -0.2) is 27.2 Å². The van der Waals surface area contributed by atoms with Gasteiger partial charge in [-0.3, -0.25) is 4.79 Å². The lowest BCUT2D eigenvalue weighted by atomic mass is 10.1. The molecule has 1 amide bonds. The number of nitrogens with one attached hydrogen (secondary N) is 1. The van der Waals surface area contributed by atoms with Gasteiger partial charge in [0.1, 0.15) is 5.69 Å². The van der Waals surface area contributed by atoms with Gasteiger partial charge in [0, 0.05) is 10.2 Å². The van der Waals surface area contributed by atoms with E-state index < -0.39 is 5.91 Å². The zero-order chi connectivity index (χ0) is 13.6. The molecule has 1 aliphatic heterocycles. The Kier molecular flexibility index (Phi) is 2.83. The number of carbonyl (C=O) groups excluding carboxylic acids is 1. The average Bonchev–Trinajstić information content (AvgIpc) is 2.88. The Labute approximate surface area is 117 Å². The van der Waals surface area contributed by atoms with Crippen molar-refractivity contribution in [3.63, 3.8) is 0 Å². The Morgan fingerprint density at radius 3 is 2.89 bits per heavy atom. The van der Waals surface area contributed by atoms with Crippen LogP contribution < -0.4 is 10.6 Å². The standard InChI is InChI=1S/C12H8ClN3O2S/c1-19-12-15-9(11(18)16-12)8-6-4-5(13)2-3-7(6)14-10(8)17/h2-4,18H,1H3,(H,15,16). The highest BCUT2D eigenvalue weighted by Gasteiger charge is 2.24. The fourth-order valence-electron chi connectivity index (χ4n) is 1.94. The fraction of sp³-hybridized carbons (Fsp3) is 0.0833. The van der Waals surface area contributed by atoms with E-state index in [9.17, 15) is 9.90 Å². The van der Waals surface area contributed by atoms with Crippen LogP contribution >= 0.6 is 23.4 Å². The van der Waals surface area contributed by atoms with E-state index in [0.717, 1.165) is 0 Å². The summed E-state index contributed by atoms with van der Waals surface area (Å²) < 4.78 is 0. The lowest BCUT2D eigenvalue weighted by molar-refractivity contribution is -0.112. The van der Waals surface area contributed by atoms with Crippen LogP contribution in [0.4, 0.5) is 0 Å². The van der Waals surface area contributed by atoms with Gasteiger partial charge < -0.3 is 10.1 Å². The van der Waals surface area contributed by atoms with Gasteiger partial charge >= 0.3 is 0 Å². The maximum Gasteiger partial charge on any atom is 0.280 e. The summed E-state index contributed by atoms with van der Waals surface area (Å²) in [6.45, 7) is 0. The summed E-state index contributed by atoms with van der Waals surface area (Å²) in [5.41, 5.74) is 0.571. The normalized spacial score (nSPS) is 13.6. The Morgan fingerprint density at radius 2 is 2.21 bits per heavy atom. The molecule has 0 bridgehead atoms. The molecule has 1 aromatic heterocycles. The van der Waals surface area contributed by atoms with E-state index in [4.69, 9.17) is 11.6 Å². The number of fused-ring (bicyclic) bond motifs is 1. The number of imidazole rings is 1. The zero-order valence-electron chi connectivity index (χ0n) is 9.77. The van der Waals surface area contributed by atoms with Crippen molar-refractivity contribution in [1.82, 2.24) is 9.97 Å². The summed E-state index contributed by atoms with van der Waals surface area (Å²) in [7, 11) is 0. The molecule has 96 valence electrons. The summed E-state index contributed by atoms with van der Waals surface area (Å²) in [4.78, 5) is 22.7. The number of aromatic nitrogens is 2. The summed E-state index contributed by atoms with van der Waals surface area (Å²) in [6, 6.07) is 4.99. The van der Waals surface area contributed by atoms with E-state index in [1.54, 1.807) is 18.2 Å². The number of benzene rings is 1. The van der Waals surface area contributed by atoms with E-state index >= 15 is 0 Å². The van der Waals surface area contributed by atoms with Crippen LogP contribution in [-0.2, 0) is 4.79 Å². The van der Waals surface area contributed by atoms with Gasteiger partial charge in [0.15, 0.2) is 5.16 Å². The molecular formula is C12H8ClN3O2S. The van der Waals surface area contributed by atoms with Gasteiger partial charge in [-0.1, -0.05) is 23.4 Å². The fourth-order valence-corrected chi connectivity index (χ4v) is 2.50. The van der Waals surface area contributed by atoms with Crippen molar-refractivity contribution >= 4 is 34.8 Å². The second-order valence-corrected chi connectivity index (χ2v) is 5.13.